The molecule has 29 heavy (non-hydrogen) atoms. The molecule has 0 heterocycles. The number of carbonyl (C=O) groups excluding carboxylic acids is 1. The Bertz CT molecular complexity index is 1000. The Morgan fingerprint density at radius 2 is 1.62 bits per heavy atom. The normalized spacial score (nSPS) is 10.3. The standard InChI is InChI=1S/C22H19Cl2NO4/c1-27-19-4-3-5-20(12-19)29-13-15-8-14(6-7-21(15)28-2)22(26)25-18-10-16(23)9-17(24)11-18/h3-12H,13H2,1-2H3,(H,25,26). The molecule has 3 aromatic carbocycles. The van der Waals surface area contributed by atoms with Gasteiger partial charge in [-0.3, -0.25) is 4.79 Å². The highest BCUT2D eigenvalue weighted by Gasteiger charge is 2.12. The molecule has 0 bridgehead atoms. The molecule has 1 amide bonds. The van der Waals surface area contributed by atoms with Crippen molar-refractivity contribution >= 4 is 34.8 Å². The van der Waals surface area contributed by atoms with Crippen molar-refractivity contribution in [3.63, 3.8) is 0 Å². The highest BCUT2D eigenvalue weighted by Crippen LogP contribution is 2.26. The summed E-state index contributed by atoms with van der Waals surface area (Å²) in [7, 11) is 3.16. The maximum Gasteiger partial charge on any atom is 0.255 e. The predicted octanol–water partition coefficient (Wildman–Crippen LogP) is 5.84. The lowest BCUT2D eigenvalue weighted by Gasteiger charge is -2.13. The third kappa shape index (κ3) is 5.56. The summed E-state index contributed by atoms with van der Waals surface area (Å²) in [6, 6.07) is 17.3. The van der Waals surface area contributed by atoms with Crippen LogP contribution in [0, 0.1) is 0 Å². The predicted molar refractivity (Wildman–Crippen MR) is 115 cm³/mol. The van der Waals surface area contributed by atoms with Gasteiger partial charge in [-0.1, -0.05) is 29.3 Å². The number of halogens is 2. The van der Waals surface area contributed by atoms with E-state index in [-0.39, 0.29) is 12.5 Å². The van der Waals surface area contributed by atoms with Crippen molar-refractivity contribution in [2.45, 2.75) is 6.61 Å². The fourth-order valence-corrected chi connectivity index (χ4v) is 3.24. The maximum absolute atomic E-state index is 12.7. The Morgan fingerprint density at radius 3 is 2.31 bits per heavy atom. The number of ether oxygens (including phenoxy) is 3. The molecule has 0 saturated carbocycles. The van der Waals surface area contributed by atoms with Gasteiger partial charge < -0.3 is 19.5 Å². The molecule has 0 aliphatic heterocycles. The molecular weight excluding hydrogens is 413 g/mol. The fraction of sp³-hybridized carbons (Fsp3) is 0.136. The highest BCUT2D eigenvalue weighted by molar-refractivity contribution is 6.35. The van der Waals surface area contributed by atoms with Gasteiger partial charge in [-0.05, 0) is 48.5 Å². The molecule has 0 spiro atoms. The number of hydrogen-bond acceptors (Lipinski definition) is 4. The van der Waals surface area contributed by atoms with Gasteiger partial charge in [0.1, 0.15) is 23.9 Å². The monoisotopic (exact) mass is 431 g/mol. The van der Waals surface area contributed by atoms with Crippen LogP contribution in [0.15, 0.2) is 60.7 Å². The number of rotatable bonds is 7. The Kier molecular flexibility index (Phi) is 6.86. The summed E-state index contributed by atoms with van der Waals surface area (Å²) in [5, 5.41) is 3.67. The van der Waals surface area contributed by atoms with Crippen LogP contribution in [0.4, 0.5) is 5.69 Å². The van der Waals surface area contributed by atoms with Crippen LogP contribution >= 0.6 is 23.2 Å². The lowest BCUT2D eigenvalue weighted by Crippen LogP contribution is -2.13. The van der Waals surface area contributed by atoms with Crippen molar-refractivity contribution in [1.29, 1.82) is 0 Å². The first kappa shape index (κ1) is 20.8. The molecule has 5 nitrogen and oxygen atoms in total. The lowest BCUT2D eigenvalue weighted by atomic mass is 10.1. The second kappa shape index (κ2) is 9.54. The quantitative estimate of drug-likeness (QED) is 0.510. The average molecular weight is 432 g/mol. The summed E-state index contributed by atoms with van der Waals surface area (Å²) in [6.45, 7) is 0.223. The smallest absolute Gasteiger partial charge is 0.255 e. The molecule has 0 fully saturated rings. The Hall–Kier alpha value is -2.89. The SMILES string of the molecule is COc1cccc(OCc2cc(C(=O)Nc3cc(Cl)cc(Cl)c3)ccc2OC)c1. The summed E-state index contributed by atoms with van der Waals surface area (Å²) in [5.41, 5.74) is 1.69. The van der Waals surface area contributed by atoms with Crippen LogP contribution in [0.25, 0.3) is 0 Å². The van der Waals surface area contributed by atoms with E-state index in [4.69, 9.17) is 37.4 Å². The first-order chi connectivity index (χ1) is 14.0. The molecule has 0 aromatic heterocycles. The Morgan fingerprint density at radius 1 is 0.897 bits per heavy atom. The van der Waals surface area contributed by atoms with Gasteiger partial charge in [0, 0.05) is 32.9 Å². The molecule has 7 heteroatoms. The summed E-state index contributed by atoms with van der Waals surface area (Å²) in [4.78, 5) is 12.7. The van der Waals surface area contributed by atoms with E-state index in [0.717, 1.165) is 5.56 Å². The topological polar surface area (TPSA) is 56.8 Å². The average Bonchev–Trinajstić information content (AvgIpc) is 2.71. The van der Waals surface area contributed by atoms with Gasteiger partial charge >= 0.3 is 0 Å². The van der Waals surface area contributed by atoms with Crippen LogP contribution in [0.5, 0.6) is 17.2 Å². The van der Waals surface area contributed by atoms with E-state index in [9.17, 15) is 4.79 Å². The van der Waals surface area contributed by atoms with E-state index in [1.165, 1.54) is 0 Å². The molecular formula is C22H19Cl2NO4. The van der Waals surface area contributed by atoms with Crippen LogP contribution in [0.1, 0.15) is 15.9 Å². The molecule has 0 saturated heterocycles. The molecule has 0 aliphatic rings. The van der Waals surface area contributed by atoms with E-state index in [1.807, 2.05) is 18.2 Å². The summed E-state index contributed by atoms with van der Waals surface area (Å²) in [5.74, 6) is 1.67. The first-order valence-electron chi connectivity index (χ1n) is 8.69. The number of nitrogens with one attached hydrogen (secondary N) is 1. The minimum atomic E-state index is -0.298. The van der Waals surface area contributed by atoms with Crippen LogP contribution in [0.2, 0.25) is 10.0 Å². The molecule has 3 aromatic rings. The zero-order valence-corrected chi connectivity index (χ0v) is 17.4. The third-order valence-corrected chi connectivity index (χ3v) is 4.53. The maximum atomic E-state index is 12.7. The van der Waals surface area contributed by atoms with Crippen molar-refractivity contribution in [2.24, 2.45) is 0 Å². The van der Waals surface area contributed by atoms with Crippen LogP contribution in [0.3, 0.4) is 0 Å². The van der Waals surface area contributed by atoms with Crippen LogP contribution in [-0.4, -0.2) is 20.1 Å². The van der Waals surface area contributed by atoms with Crippen LogP contribution in [-0.2, 0) is 6.61 Å². The van der Waals surface area contributed by atoms with Crippen molar-refractivity contribution in [1.82, 2.24) is 0 Å². The molecule has 3 rings (SSSR count). The molecule has 0 radical (unpaired) electrons. The second-order valence-electron chi connectivity index (χ2n) is 6.11. The molecule has 150 valence electrons. The lowest BCUT2D eigenvalue weighted by molar-refractivity contribution is 0.102. The highest BCUT2D eigenvalue weighted by atomic mass is 35.5. The zero-order chi connectivity index (χ0) is 20.8. The number of benzene rings is 3. The first-order valence-corrected chi connectivity index (χ1v) is 9.45. The van der Waals surface area contributed by atoms with E-state index in [1.54, 1.807) is 56.7 Å². The number of hydrogen-bond donors (Lipinski definition) is 1. The zero-order valence-electron chi connectivity index (χ0n) is 15.9. The number of amides is 1. The van der Waals surface area contributed by atoms with Gasteiger partial charge in [0.15, 0.2) is 0 Å². The molecule has 0 atom stereocenters. The Labute approximate surface area is 179 Å². The van der Waals surface area contributed by atoms with E-state index in [0.29, 0.717) is 38.5 Å². The van der Waals surface area contributed by atoms with E-state index < -0.39 is 0 Å². The molecule has 0 unspecified atom stereocenters. The largest absolute Gasteiger partial charge is 0.497 e. The van der Waals surface area contributed by atoms with Crippen molar-refractivity contribution in [3.05, 3.63) is 81.8 Å². The van der Waals surface area contributed by atoms with Gasteiger partial charge in [-0.2, -0.15) is 0 Å². The Balaban J connectivity index is 1.77. The van der Waals surface area contributed by atoms with Crippen molar-refractivity contribution < 1.29 is 19.0 Å². The summed E-state index contributed by atoms with van der Waals surface area (Å²) >= 11 is 12.0. The molecule has 0 aliphatic carbocycles. The van der Waals surface area contributed by atoms with E-state index in [2.05, 4.69) is 5.32 Å². The molecule has 1 N–H and O–H groups in total. The number of carbonyl (C=O) groups is 1. The van der Waals surface area contributed by atoms with Gasteiger partial charge in [0.25, 0.3) is 5.91 Å². The van der Waals surface area contributed by atoms with Crippen molar-refractivity contribution in [2.75, 3.05) is 19.5 Å². The second-order valence-corrected chi connectivity index (χ2v) is 6.98. The number of methoxy groups -OCH3 is 2. The minimum absolute atomic E-state index is 0.223. The van der Waals surface area contributed by atoms with Gasteiger partial charge in [-0.15, -0.1) is 0 Å². The van der Waals surface area contributed by atoms with Gasteiger partial charge in [0.2, 0.25) is 0 Å². The summed E-state index contributed by atoms with van der Waals surface area (Å²) in [6.07, 6.45) is 0. The minimum Gasteiger partial charge on any atom is -0.497 e. The fourth-order valence-electron chi connectivity index (χ4n) is 2.71. The number of anilines is 1. The summed E-state index contributed by atoms with van der Waals surface area (Å²) < 4.78 is 16.4. The van der Waals surface area contributed by atoms with Gasteiger partial charge in [-0.25, -0.2) is 0 Å². The van der Waals surface area contributed by atoms with Crippen LogP contribution < -0.4 is 19.5 Å². The van der Waals surface area contributed by atoms with Crippen molar-refractivity contribution in [3.8, 4) is 17.2 Å². The third-order valence-electron chi connectivity index (χ3n) is 4.10. The van der Waals surface area contributed by atoms with Gasteiger partial charge in [0.05, 0.1) is 14.2 Å². The van der Waals surface area contributed by atoms with E-state index >= 15 is 0 Å².